The summed E-state index contributed by atoms with van der Waals surface area (Å²) in [4.78, 5) is 2.18. The normalized spacial score (nSPS) is 19.3. The second-order valence-electron chi connectivity index (χ2n) is 5.83. The zero-order valence-electron chi connectivity index (χ0n) is 12.1. The molecule has 0 aromatic rings. The van der Waals surface area contributed by atoms with Gasteiger partial charge in [-0.25, -0.2) is 0 Å². The molecule has 19 heavy (non-hydrogen) atoms. The van der Waals surface area contributed by atoms with E-state index < -0.39 is 12.1 Å². The van der Waals surface area contributed by atoms with Gasteiger partial charge in [-0.3, -0.25) is 0 Å². The van der Waals surface area contributed by atoms with Gasteiger partial charge in [-0.2, -0.15) is 13.2 Å². The summed E-state index contributed by atoms with van der Waals surface area (Å²) in [6, 6.07) is 0.529. The van der Waals surface area contributed by atoms with E-state index in [1.54, 1.807) is 0 Å². The van der Waals surface area contributed by atoms with Crippen molar-refractivity contribution in [1.29, 1.82) is 0 Å². The summed E-state index contributed by atoms with van der Waals surface area (Å²) < 4.78 is 37.5. The molecule has 5 heteroatoms. The van der Waals surface area contributed by atoms with Crippen LogP contribution in [-0.4, -0.2) is 43.3 Å². The number of alkyl halides is 3. The van der Waals surface area contributed by atoms with Crippen LogP contribution in [0.25, 0.3) is 0 Å². The minimum atomic E-state index is -3.99. The van der Waals surface area contributed by atoms with Crippen molar-refractivity contribution in [1.82, 2.24) is 10.2 Å². The van der Waals surface area contributed by atoms with Gasteiger partial charge < -0.3 is 10.2 Å². The molecule has 1 rings (SSSR count). The Hall–Kier alpha value is -0.290. The van der Waals surface area contributed by atoms with Crippen LogP contribution in [0.15, 0.2) is 0 Å². The molecule has 0 amide bonds. The molecule has 0 spiro atoms. The lowest BCUT2D eigenvalue weighted by Gasteiger charge is -2.32. The first-order valence-electron chi connectivity index (χ1n) is 7.42. The molecule has 0 aliphatic carbocycles. The molecule has 0 radical (unpaired) electrons. The number of piperidine rings is 1. The second kappa shape index (κ2) is 8.10. The predicted octanol–water partition coefficient (Wildman–Crippen LogP) is 3.43. The van der Waals surface area contributed by atoms with E-state index in [1.165, 1.54) is 0 Å². The van der Waals surface area contributed by atoms with E-state index in [0.717, 1.165) is 32.4 Å². The highest BCUT2D eigenvalue weighted by Crippen LogP contribution is 2.34. The van der Waals surface area contributed by atoms with Gasteiger partial charge in [-0.15, -0.1) is 0 Å². The first-order chi connectivity index (χ1) is 8.89. The van der Waals surface area contributed by atoms with Crippen molar-refractivity contribution in [2.24, 2.45) is 5.92 Å². The lowest BCUT2D eigenvalue weighted by molar-refractivity contribution is -0.185. The molecule has 0 aromatic heterocycles. The SMILES string of the molecule is CC(C)NCCCCCN1CCC(C(F)(F)F)CC1. The van der Waals surface area contributed by atoms with Gasteiger partial charge in [0.05, 0.1) is 5.92 Å². The average molecular weight is 280 g/mol. The van der Waals surface area contributed by atoms with E-state index in [0.29, 0.717) is 19.1 Å². The molecule has 0 bridgehead atoms. The maximum absolute atomic E-state index is 12.5. The molecule has 0 unspecified atom stereocenters. The molecular weight excluding hydrogens is 253 g/mol. The fraction of sp³-hybridized carbons (Fsp3) is 1.00. The fourth-order valence-electron chi connectivity index (χ4n) is 2.51. The van der Waals surface area contributed by atoms with E-state index in [1.807, 2.05) is 0 Å². The van der Waals surface area contributed by atoms with Crippen molar-refractivity contribution in [3.05, 3.63) is 0 Å². The molecule has 0 atom stereocenters. The van der Waals surface area contributed by atoms with Crippen molar-refractivity contribution < 1.29 is 13.2 Å². The summed E-state index contributed by atoms with van der Waals surface area (Å²) in [6.07, 6.45) is -0.0437. The topological polar surface area (TPSA) is 15.3 Å². The van der Waals surface area contributed by atoms with Gasteiger partial charge in [-0.1, -0.05) is 20.3 Å². The van der Waals surface area contributed by atoms with Crippen molar-refractivity contribution in [2.45, 2.75) is 58.2 Å². The smallest absolute Gasteiger partial charge is 0.315 e. The third kappa shape index (κ3) is 7.16. The predicted molar refractivity (Wildman–Crippen MR) is 72.2 cm³/mol. The van der Waals surface area contributed by atoms with Gasteiger partial charge >= 0.3 is 6.18 Å². The number of halogens is 3. The maximum Gasteiger partial charge on any atom is 0.391 e. The van der Waals surface area contributed by atoms with Crippen LogP contribution >= 0.6 is 0 Å². The summed E-state index contributed by atoms with van der Waals surface area (Å²) in [6.45, 7) is 7.46. The molecule has 1 fully saturated rings. The van der Waals surface area contributed by atoms with E-state index in [9.17, 15) is 13.2 Å². The fourth-order valence-corrected chi connectivity index (χ4v) is 2.51. The minimum absolute atomic E-state index is 0.276. The van der Waals surface area contributed by atoms with E-state index in [2.05, 4.69) is 24.1 Å². The second-order valence-corrected chi connectivity index (χ2v) is 5.83. The Morgan fingerprint density at radius 3 is 2.26 bits per heavy atom. The highest BCUT2D eigenvalue weighted by molar-refractivity contribution is 4.76. The highest BCUT2D eigenvalue weighted by atomic mass is 19.4. The number of likely N-dealkylation sites (tertiary alicyclic amines) is 1. The van der Waals surface area contributed by atoms with E-state index >= 15 is 0 Å². The van der Waals surface area contributed by atoms with Crippen LogP contribution < -0.4 is 5.32 Å². The zero-order valence-corrected chi connectivity index (χ0v) is 12.1. The Kier molecular flexibility index (Phi) is 7.15. The van der Waals surface area contributed by atoms with E-state index in [-0.39, 0.29) is 12.8 Å². The van der Waals surface area contributed by atoms with Gasteiger partial charge in [0, 0.05) is 6.04 Å². The number of hydrogen-bond acceptors (Lipinski definition) is 2. The monoisotopic (exact) mass is 280 g/mol. The first-order valence-corrected chi connectivity index (χ1v) is 7.42. The average Bonchev–Trinajstić information content (AvgIpc) is 2.32. The number of rotatable bonds is 7. The molecular formula is C14H27F3N2. The van der Waals surface area contributed by atoms with Crippen LogP contribution in [0.3, 0.4) is 0 Å². The Labute approximate surface area is 114 Å². The maximum atomic E-state index is 12.5. The first kappa shape index (κ1) is 16.8. The van der Waals surface area contributed by atoms with Crippen LogP contribution in [0.4, 0.5) is 13.2 Å². The van der Waals surface area contributed by atoms with Gasteiger partial charge in [0.15, 0.2) is 0 Å². The van der Waals surface area contributed by atoms with Crippen molar-refractivity contribution >= 4 is 0 Å². The third-order valence-electron chi connectivity index (χ3n) is 3.75. The van der Waals surface area contributed by atoms with Crippen LogP contribution in [-0.2, 0) is 0 Å². The number of nitrogens with one attached hydrogen (secondary N) is 1. The summed E-state index contributed by atoms with van der Waals surface area (Å²) in [5.41, 5.74) is 0. The zero-order chi connectivity index (χ0) is 14.3. The van der Waals surface area contributed by atoms with Gasteiger partial charge in [0.25, 0.3) is 0 Å². The summed E-state index contributed by atoms with van der Waals surface area (Å²) in [5.74, 6) is -1.07. The Balaban J connectivity index is 2.01. The molecule has 0 aromatic carbocycles. The minimum Gasteiger partial charge on any atom is -0.315 e. The summed E-state index contributed by atoms with van der Waals surface area (Å²) in [7, 11) is 0. The standard InChI is InChI=1S/C14H27F3N2/c1-12(2)18-8-4-3-5-9-19-10-6-13(7-11-19)14(15,16)17/h12-13,18H,3-11H2,1-2H3. The van der Waals surface area contributed by atoms with Crippen molar-refractivity contribution in [3.63, 3.8) is 0 Å². The molecule has 1 N–H and O–H groups in total. The van der Waals surface area contributed by atoms with Gasteiger partial charge in [0.2, 0.25) is 0 Å². The highest BCUT2D eigenvalue weighted by Gasteiger charge is 2.40. The molecule has 1 aliphatic heterocycles. The van der Waals surface area contributed by atoms with Gasteiger partial charge in [-0.05, 0) is 51.9 Å². The van der Waals surface area contributed by atoms with Crippen LogP contribution in [0.2, 0.25) is 0 Å². The molecule has 1 saturated heterocycles. The van der Waals surface area contributed by atoms with Gasteiger partial charge in [0.1, 0.15) is 0 Å². The number of unbranched alkanes of at least 4 members (excludes halogenated alkanes) is 2. The lowest BCUT2D eigenvalue weighted by atomic mass is 9.96. The summed E-state index contributed by atoms with van der Waals surface area (Å²) >= 11 is 0. The molecule has 0 saturated carbocycles. The van der Waals surface area contributed by atoms with E-state index in [4.69, 9.17) is 0 Å². The molecule has 1 aliphatic rings. The number of nitrogens with zero attached hydrogens (tertiary/aromatic N) is 1. The number of hydrogen-bond donors (Lipinski definition) is 1. The quantitative estimate of drug-likeness (QED) is 0.719. The van der Waals surface area contributed by atoms with Crippen LogP contribution in [0.5, 0.6) is 0 Å². The molecule has 1 heterocycles. The lowest BCUT2D eigenvalue weighted by Crippen LogP contribution is -2.39. The Morgan fingerprint density at radius 2 is 1.74 bits per heavy atom. The Morgan fingerprint density at radius 1 is 1.11 bits per heavy atom. The summed E-state index contributed by atoms with van der Waals surface area (Å²) in [5, 5.41) is 3.37. The van der Waals surface area contributed by atoms with Crippen LogP contribution in [0.1, 0.15) is 46.0 Å². The molecule has 114 valence electrons. The van der Waals surface area contributed by atoms with Crippen molar-refractivity contribution in [2.75, 3.05) is 26.2 Å². The van der Waals surface area contributed by atoms with Crippen molar-refractivity contribution in [3.8, 4) is 0 Å². The molecule has 2 nitrogen and oxygen atoms in total. The largest absolute Gasteiger partial charge is 0.391 e. The Bertz CT molecular complexity index is 233. The van der Waals surface area contributed by atoms with Crippen LogP contribution in [0, 0.1) is 5.92 Å². The third-order valence-corrected chi connectivity index (χ3v) is 3.75.